The van der Waals surface area contributed by atoms with Crippen molar-refractivity contribution in [2.24, 2.45) is 0 Å². The van der Waals surface area contributed by atoms with Crippen LogP contribution in [0, 0.1) is 12.7 Å². The molecule has 5 aromatic rings. The maximum absolute atomic E-state index is 15.1. The summed E-state index contributed by atoms with van der Waals surface area (Å²) >= 11 is 0. The molecule has 3 aromatic heterocycles. The third kappa shape index (κ3) is 4.89. The van der Waals surface area contributed by atoms with Crippen molar-refractivity contribution in [2.45, 2.75) is 45.3 Å². The van der Waals surface area contributed by atoms with Gasteiger partial charge in [0.1, 0.15) is 12.1 Å². The summed E-state index contributed by atoms with van der Waals surface area (Å²) in [6, 6.07) is 12.1. The summed E-state index contributed by atoms with van der Waals surface area (Å²) in [5, 5.41) is 13.1. The van der Waals surface area contributed by atoms with Gasteiger partial charge in [0.25, 0.3) is 0 Å². The Balaban J connectivity index is 1.19. The smallest absolute Gasteiger partial charge is 0.186 e. The molecule has 0 atom stereocenters. The molecule has 0 saturated heterocycles. The largest absolute Gasteiger partial charge is 0.494 e. The Hall–Kier alpha value is -4.27. The fourth-order valence-electron chi connectivity index (χ4n) is 4.68. The van der Waals surface area contributed by atoms with Crippen LogP contribution in [0.4, 0.5) is 10.2 Å². The van der Waals surface area contributed by atoms with Crippen LogP contribution in [0.5, 0.6) is 5.75 Å². The minimum Gasteiger partial charge on any atom is -0.494 e. The number of nitrogens with one attached hydrogen (secondary N) is 1. The fraction of sp³-hybridized carbons (Fsp3) is 0.286. The standard InChI is InChI=1S/C28H28FN7O/c1-18-11-33-35(13-18)14-19-3-5-20(6-4-19)15-36-16-24-27(31-17-32-28(24)34-36)30-12-23-22(21-7-8-21)9-10-25(37-2)26(23)29/h3-6,9-11,13,16-17,21H,7-8,12,14-15H2,1-2H3,(H,30,31,32,34). The van der Waals surface area contributed by atoms with Crippen molar-refractivity contribution in [1.29, 1.82) is 0 Å². The summed E-state index contributed by atoms with van der Waals surface area (Å²) < 4.78 is 24.1. The van der Waals surface area contributed by atoms with E-state index in [1.807, 2.05) is 40.9 Å². The first kappa shape index (κ1) is 23.1. The van der Waals surface area contributed by atoms with Crippen LogP contribution in [0.15, 0.2) is 61.3 Å². The number of hydrogen-bond acceptors (Lipinski definition) is 6. The maximum atomic E-state index is 15.1. The van der Waals surface area contributed by atoms with E-state index in [9.17, 15) is 0 Å². The zero-order valence-corrected chi connectivity index (χ0v) is 20.9. The monoisotopic (exact) mass is 497 g/mol. The number of nitrogens with zero attached hydrogens (tertiary/aromatic N) is 6. The number of aromatic nitrogens is 6. The summed E-state index contributed by atoms with van der Waals surface area (Å²) in [5.41, 5.74) is 5.73. The number of fused-ring (bicyclic) bond motifs is 1. The minimum atomic E-state index is -0.313. The molecule has 188 valence electrons. The molecule has 1 aliphatic carbocycles. The molecule has 1 fully saturated rings. The lowest BCUT2D eigenvalue weighted by atomic mass is 10.0. The number of hydrogen-bond donors (Lipinski definition) is 1. The topological polar surface area (TPSA) is 82.7 Å². The Bertz CT molecular complexity index is 1550. The van der Waals surface area contributed by atoms with Crippen molar-refractivity contribution in [2.75, 3.05) is 12.4 Å². The highest BCUT2D eigenvalue weighted by Crippen LogP contribution is 2.43. The lowest BCUT2D eigenvalue weighted by Crippen LogP contribution is -2.08. The van der Waals surface area contributed by atoms with Gasteiger partial charge in [-0.05, 0) is 54.0 Å². The van der Waals surface area contributed by atoms with E-state index in [1.165, 1.54) is 19.0 Å². The van der Waals surface area contributed by atoms with Gasteiger partial charge >= 0.3 is 0 Å². The number of aryl methyl sites for hydroxylation is 1. The second kappa shape index (κ2) is 9.65. The zero-order valence-electron chi connectivity index (χ0n) is 20.9. The molecule has 0 spiro atoms. The number of halogens is 1. The van der Waals surface area contributed by atoms with Crippen LogP contribution in [0.1, 0.15) is 46.6 Å². The molecule has 1 N–H and O–H groups in total. The highest BCUT2D eigenvalue weighted by Gasteiger charge is 2.28. The molecule has 0 amide bonds. The molecule has 3 heterocycles. The van der Waals surface area contributed by atoms with E-state index in [-0.39, 0.29) is 11.6 Å². The molecule has 6 rings (SSSR count). The van der Waals surface area contributed by atoms with E-state index in [2.05, 4.69) is 49.7 Å². The molecular formula is C28H28FN7O. The van der Waals surface area contributed by atoms with Gasteiger partial charge in [-0.3, -0.25) is 9.36 Å². The summed E-state index contributed by atoms with van der Waals surface area (Å²) in [4.78, 5) is 8.76. The van der Waals surface area contributed by atoms with Gasteiger partial charge in [0.05, 0.1) is 31.8 Å². The molecule has 0 aliphatic heterocycles. The molecule has 0 radical (unpaired) electrons. The van der Waals surface area contributed by atoms with Crippen LogP contribution < -0.4 is 10.1 Å². The van der Waals surface area contributed by atoms with Crippen molar-refractivity contribution >= 4 is 16.9 Å². The van der Waals surface area contributed by atoms with Crippen LogP contribution in [-0.2, 0) is 19.6 Å². The lowest BCUT2D eigenvalue weighted by molar-refractivity contribution is 0.384. The summed E-state index contributed by atoms with van der Waals surface area (Å²) in [7, 11) is 1.49. The van der Waals surface area contributed by atoms with Crippen molar-refractivity contribution in [3.8, 4) is 5.75 Å². The first-order chi connectivity index (χ1) is 18.1. The van der Waals surface area contributed by atoms with E-state index in [4.69, 9.17) is 4.74 Å². The molecule has 0 bridgehead atoms. The molecular weight excluding hydrogens is 469 g/mol. The SMILES string of the molecule is COc1ccc(C2CC2)c(CNc2ncnc3nn(Cc4ccc(Cn5cc(C)cn5)cc4)cc23)c1F. The van der Waals surface area contributed by atoms with Crippen molar-refractivity contribution < 1.29 is 9.13 Å². The van der Waals surface area contributed by atoms with E-state index in [0.717, 1.165) is 41.5 Å². The Kier molecular flexibility index (Phi) is 6.04. The van der Waals surface area contributed by atoms with Gasteiger partial charge in [-0.15, -0.1) is 0 Å². The fourth-order valence-corrected chi connectivity index (χ4v) is 4.68. The molecule has 1 aliphatic rings. The first-order valence-electron chi connectivity index (χ1n) is 12.4. The average Bonchev–Trinajstić information content (AvgIpc) is 3.54. The Morgan fingerprint density at radius 2 is 1.76 bits per heavy atom. The Morgan fingerprint density at radius 3 is 2.43 bits per heavy atom. The third-order valence-corrected chi connectivity index (χ3v) is 6.75. The van der Waals surface area contributed by atoms with Crippen LogP contribution >= 0.6 is 0 Å². The number of methoxy groups -OCH3 is 1. The van der Waals surface area contributed by atoms with E-state index in [1.54, 1.807) is 6.07 Å². The van der Waals surface area contributed by atoms with Crippen LogP contribution in [-0.4, -0.2) is 36.6 Å². The van der Waals surface area contributed by atoms with Crippen LogP contribution in [0.25, 0.3) is 11.0 Å². The van der Waals surface area contributed by atoms with Gasteiger partial charge in [-0.25, -0.2) is 14.4 Å². The number of anilines is 1. The van der Waals surface area contributed by atoms with Crippen molar-refractivity contribution in [3.05, 3.63) is 95.0 Å². The van der Waals surface area contributed by atoms with Gasteiger partial charge in [0, 0.05) is 24.5 Å². The van der Waals surface area contributed by atoms with Crippen LogP contribution in [0.3, 0.4) is 0 Å². The quantitative estimate of drug-likeness (QED) is 0.306. The predicted octanol–water partition coefficient (Wildman–Crippen LogP) is 5.07. The molecule has 9 heteroatoms. The van der Waals surface area contributed by atoms with Gasteiger partial charge in [-0.2, -0.15) is 10.2 Å². The van der Waals surface area contributed by atoms with Gasteiger partial charge in [-0.1, -0.05) is 30.3 Å². The molecule has 2 aromatic carbocycles. The lowest BCUT2D eigenvalue weighted by Gasteiger charge is -2.14. The normalized spacial score (nSPS) is 13.3. The number of rotatable bonds is 9. The van der Waals surface area contributed by atoms with Crippen molar-refractivity contribution in [3.63, 3.8) is 0 Å². The highest BCUT2D eigenvalue weighted by molar-refractivity contribution is 5.85. The zero-order chi connectivity index (χ0) is 25.4. The number of benzene rings is 2. The van der Waals surface area contributed by atoms with E-state index < -0.39 is 0 Å². The second-order valence-electron chi connectivity index (χ2n) is 9.60. The van der Waals surface area contributed by atoms with Crippen LogP contribution in [0.2, 0.25) is 0 Å². The third-order valence-electron chi connectivity index (χ3n) is 6.75. The predicted molar refractivity (Wildman–Crippen MR) is 139 cm³/mol. The summed E-state index contributed by atoms with van der Waals surface area (Å²) in [6.45, 7) is 3.69. The maximum Gasteiger partial charge on any atom is 0.186 e. The summed E-state index contributed by atoms with van der Waals surface area (Å²) in [6.07, 6.45) is 9.49. The minimum absolute atomic E-state index is 0.257. The molecule has 37 heavy (non-hydrogen) atoms. The van der Waals surface area contributed by atoms with Gasteiger partial charge in [0.15, 0.2) is 17.2 Å². The van der Waals surface area contributed by atoms with Gasteiger partial charge in [0.2, 0.25) is 0 Å². The number of ether oxygens (including phenoxy) is 1. The molecule has 1 saturated carbocycles. The van der Waals surface area contributed by atoms with Gasteiger partial charge < -0.3 is 10.1 Å². The van der Waals surface area contributed by atoms with E-state index in [0.29, 0.717) is 36.0 Å². The summed E-state index contributed by atoms with van der Waals surface area (Å²) in [5.74, 6) is 0.990. The Morgan fingerprint density at radius 1 is 1.00 bits per heavy atom. The molecule has 8 nitrogen and oxygen atoms in total. The van der Waals surface area contributed by atoms with E-state index >= 15 is 4.39 Å². The second-order valence-corrected chi connectivity index (χ2v) is 9.60. The molecule has 0 unspecified atom stereocenters. The average molecular weight is 498 g/mol. The highest BCUT2D eigenvalue weighted by atomic mass is 19.1. The Labute approximate surface area is 214 Å². The first-order valence-corrected chi connectivity index (χ1v) is 12.4. The van der Waals surface area contributed by atoms with Crippen molar-refractivity contribution in [1.82, 2.24) is 29.5 Å².